The zero-order chi connectivity index (χ0) is 19.5. The summed E-state index contributed by atoms with van der Waals surface area (Å²) >= 11 is 6.17. The fourth-order valence-corrected chi connectivity index (χ4v) is 4.85. The van der Waals surface area contributed by atoms with E-state index in [9.17, 15) is 8.42 Å². The highest BCUT2D eigenvalue weighted by Crippen LogP contribution is 2.39. The van der Waals surface area contributed by atoms with Crippen LogP contribution in [0, 0.1) is 0 Å². The Morgan fingerprint density at radius 2 is 1.81 bits per heavy atom. The maximum absolute atomic E-state index is 11.7. The van der Waals surface area contributed by atoms with Crippen LogP contribution in [0.15, 0.2) is 53.4 Å². The molecule has 0 unspecified atom stereocenters. The third kappa shape index (κ3) is 5.34. The zero-order valence-electron chi connectivity index (χ0n) is 16.0. The molecule has 2 aromatic carbocycles. The lowest BCUT2D eigenvalue weighted by atomic mass is 9.69. The van der Waals surface area contributed by atoms with Gasteiger partial charge >= 0.3 is 0 Å². The molecule has 0 bridgehead atoms. The molecule has 0 amide bonds. The SMILES string of the molecule is CC1(c2cccc(Cl)c2)CCC(NCCc2cccc(S(C)(=O)=O)c2)CC1. The Bertz CT molecular complexity index is 887. The minimum absolute atomic E-state index is 0.201. The predicted molar refractivity (Wildman–Crippen MR) is 112 cm³/mol. The van der Waals surface area contributed by atoms with Crippen LogP contribution in [0.5, 0.6) is 0 Å². The molecule has 0 radical (unpaired) electrons. The molecular formula is C22H28ClNO2S. The lowest BCUT2D eigenvalue weighted by molar-refractivity contribution is 0.265. The molecule has 0 aliphatic heterocycles. The highest BCUT2D eigenvalue weighted by molar-refractivity contribution is 7.90. The Balaban J connectivity index is 1.50. The van der Waals surface area contributed by atoms with E-state index in [0.717, 1.165) is 49.2 Å². The summed E-state index contributed by atoms with van der Waals surface area (Å²) in [5, 5.41) is 4.46. The van der Waals surface area contributed by atoms with Gasteiger partial charge in [0.05, 0.1) is 4.90 Å². The second kappa shape index (κ2) is 8.34. The van der Waals surface area contributed by atoms with Crippen molar-refractivity contribution in [2.75, 3.05) is 12.8 Å². The summed E-state index contributed by atoms with van der Waals surface area (Å²) in [7, 11) is -3.14. The van der Waals surface area contributed by atoms with Gasteiger partial charge in [-0.1, -0.05) is 42.8 Å². The average Bonchev–Trinajstić information content (AvgIpc) is 2.63. The summed E-state index contributed by atoms with van der Waals surface area (Å²) < 4.78 is 23.4. The maximum Gasteiger partial charge on any atom is 0.175 e. The molecule has 0 atom stereocenters. The first-order valence-electron chi connectivity index (χ1n) is 9.55. The fourth-order valence-electron chi connectivity index (χ4n) is 3.96. The van der Waals surface area contributed by atoms with Crippen LogP contribution >= 0.6 is 11.6 Å². The van der Waals surface area contributed by atoms with E-state index in [2.05, 4.69) is 24.4 Å². The molecule has 0 aromatic heterocycles. The molecule has 1 saturated carbocycles. The first-order valence-corrected chi connectivity index (χ1v) is 11.8. The van der Waals surface area contributed by atoms with Crippen LogP contribution in [0.3, 0.4) is 0 Å². The van der Waals surface area contributed by atoms with Crippen molar-refractivity contribution in [2.24, 2.45) is 0 Å². The standard InChI is InChI=1S/C22H28ClNO2S/c1-22(18-6-4-7-19(23)16-18)12-9-20(10-13-22)24-14-11-17-5-3-8-21(15-17)27(2,25)26/h3-8,15-16,20,24H,9-14H2,1-2H3. The summed E-state index contributed by atoms with van der Waals surface area (Å²) in [6.07, 6.45) is 6.68. The van der Waals surface area contributed by atoms with E-state index in [1.807, 2.05) is 24.3 Å². The molecule has 1 N–H and O–H groups in total. The molecule has 1 aliphatic carbocycles. The van der Waals surface area contributed by atoms with Crippen LogP contribution in [0.25, 0.3) is 0 Å². The van der Waals surface area contributed by atoms with Crippen LogP contribution in [0.1, 0.15) is 43.7 Å². The summed E-state index contributed by atoms with van der Waals surface area (Å²) in [6, 6.07) is 16.0. The Morgan fingerprint density at radius 1 is 1.11 bits per heavy atom. The average molecular weight is 406 g/mol. The summed E-state index contributed by atoms with van der Waals surface area (Å²) in [4.78, 5) is 0.398. The highest BCUT2D eigenvalue weighted by atomic mass is 35.5. The van der Waals surface area contributed by atoms with Crippen LogP contribution in [0.2, 0.25) is 5.02 Å². The van der Waals surface area contributed by atoms with Crippen molar-refractivity contribution in [1.82, 2.24) is 5.32 Å². The van der Waals surface area contributed by atoms with Crippen molar-refractivity contribution >= 4 is 21.4 Å². The quantitative estimate of drug-likeness (QED) is 0.752. The molecule has 0 heterocycles. The summed E-state index contributed by atoms with van der Waals surface area (Å²) in [5.41, 5.74) is 2.60. The van der Waals surface area contributed by atoms with Crippen molar-refractivity contribution in [2.45, 2.75) is 55.4 Å². The summed E-state index contributed by atoms with van der Waals surface area (Å²) in [5.74, 6) is 0. The van der Waals surface area contributed by atoms with Gasteiger partial charge < -0.3 is 5.32 Å². The molecule has 2 aromatic rings. The number of halogens is 1. The molecule has 1 aliphatic rings. The van der Waals surface area contributed by atoms with Gasteiger partial charge in [-0.2, -0.15) is 0 Å². The Morgan fingerprint density at radius 3 is 2.48 bits per heavy atom. The van der Waals surface area contributed by atoms with Crippen molar-refractivity contribution in [3.63, 3.8) is 0 Å². The van der Waals surface area contributed by atoms with E-state index in [-0.39, 0.29) is 5.41 Å². The van der Waals surface area contributed by atoms with Crippen LogP contribution < -0.4 is 5.32 Å². The van der Waals surface area contributed by atoms with Crippen molar-refractivity contribution in [3.8, 4) is 0 Å². The molecule has 3 nitrogen and oxygen atoms in total. The van der Waals surface area contributed by atoms with Gasteiger partial charge in [-0.25, -0.2) is 8.42 Å². The number of sulfone groups is 1. The van der Waals surface area contributed by atoms with E-state index < -0.39 is 9.84 Å². The number of hydrogen-bond donors (Lipinski definition) is 1. The van der Waals surface area contributed by atoms with Crippen molar-refractivity contribution < 1.29 is 8.42 Å². The molecule has 146 valence electrons. The molecule has 5 heteroatoms. The monoisotopic (exact) mass is 405 g/mol. The molecule has 1 fully saturated rings. The molecule has 3 rings (SSSR count). The number of rotatable bonds is 6. The lowest BCUT2D eigenvalue weighted by Gasteiger charge is -2.38. The number of nitrogens with one attached hydrogen (secondary N) is 1. The Labute approximate surface area is 168 Å². The third-order valence-corrected chi connectivity index (χ3v) is 7.13. The van der Waals surface area contributed by atoms with E-state index in [4.69, 9.17) is 11.6 Å². The van der Waals surface area contributed by atoms with Crippen LogP contribution in [-0.4, -0.2) is 27.3 Å². The topological polar surface area (TPSA) is 46.2 Å². The van der Waals surface area contributed by atoms with Gasteiger partial charge in [-0.15, -0.1) is 0 Å². The minimum atomic E-state index is -3.14. The first-order chi connectivity index (χ1) is 12.8. The second-order valence-corrected chi connectivity index (χ2v) is 10.4. The van der Waals surface area contributed by atoms with Gasteiger partial charge in [0, 0.05) is 17.3 Å². The maximum atomic E-state index is 11.7. The van der Waals surface area contributed by atoms with E-state index >= 15 is 0 Å². The molecule has 0 saturated heterocycles. The lowest BCUT2D eigenvalue weighted by Crippen LogP contribution is -2.39. The van der Waals surface area contributed by atoms with Crippen molar-refractivity contribution in [1.29, 1.82) is 0 Å². The molecule has 27 heavy (non-hydrogen) atoms. The number of hydrogen-bond acceptors (Lipinski definition) is 3. The highest BCUT2D eigenvalue weighted by Gasteiger charge is 2.32. The fraction of sp³-hybridized carbons (Fsp3) is 0.455. The molecule has 0 spiro atoms. The Hall–Kier alpha value is -1.36. The Kier molecular flexibility index (Phi) is 6.29. The van der Waals surface area contributed by atoms with Gasteiger partial charge in [-0.3, -0.25) is 0 Å². The van der Waals surface area contributed by atoms with Crippen molar-refractivity contribution in [3.05, 3.63) is 64.7 Å². The normalized spacial score (nSPS) is 23.3. The smallest absolute Gasteiger partial charge is 0.175 e. The summed E-state index contributed by atoms with van der Waals surface area (Å²) in [6.45, 7) is 3.21. The number of benzene rings is 2. The van der Waals surface area contributed by atoms with Gasteiger partial charge in [0.2, 0.25) is 0 Å². The predicted octanol–water partition coefficient (Wildman–Crippen LogP) is 4.78. The third-order valence-electron chi connectivity index (χ3n) is 5.78. The van der Waals surface area contributed by atoms with Gasteiger partial charge in [-0.05, 0) is 79.5 Å². The van der Waals surface area contributed by atoms with Crippen LogP contribution in [0.4, 0.5) is 0 Å². The molecular weight excluding hydrogens is 378 g/mol. The minimum Gasteiger partial charge on any atom is -0.314 e. The van der Waals surface area contributed by atoms with E-state index in [1.54, 1.807) is 12.1 Å². The van der Waals surface area contributed by atoms with Crippen LogP contribution in [-0.2, 0) is 21.7 Å². The van der Waals surface area contributed by atoms with Gasteiger partial charge in [0.25, 0.3) is 0 Å². The van der Waals surface area contributed by atoms with Gasteiger partial charge in [0.15, 0.2) is 9.84 Å². The first kappa shape index (κ1) is 20.4. The van der Waals surface area contributed by atoms with E-state index in [0.29, 0.717) is 10.9 Å². The van der Waals surface area contributed by atoms with Gasteiger partial charge in [0.1, 0.15) is 0 Å². The zero-order valence-corrected chi connectivity index (χ0v) is 17.6. The van der Waals surface area contributed by atoms with E-state index in [1.165, 1.54) is 11.8 Å². The largest absolute Gasteiger partial charge is 0.314 e. The second-order valence-electron chi connectivity index (χ2n) is 7.97.